The largest absolute Gasteiger partial charge is 0.450 e. The van der Waals surface area contributed by atoms with Crippen molar-refractivity contribution in [2.75, 3.05) is 20.1 Å². The smallest absolute Gasteiger partial charge is 0.341 e. The van der Waals surface area contributed by atoms with Crippen LogP contribution in [0.25, 0.3) is 11.3 Å². The monoisotopic (exact) mass is 502 g/mol. The molecule has 2 bridgehead atoms. The molecule has 2 saturated heterocycles. The number of nitrogens with one attached hydrogen (secondary N) is 1. The Morgan fingerprint density at radius 1 is 1.32 bits per heavy atom. The first kappa shape index (κ1) is 24.2. The van der Waals surface area contributed by atoms with E-state index in [2.05, 4.69) is 28.3 Å². The minimum absolute atomic E-state index is 0.0673. The summed E-state index contributed by atoms with van der Waals surface area (Å²) in [5, 5.41) is 13.1. The third kappa shape index (κ3) is 4.34. The first-order valence-corrected chi connectivity index (χ1v) is 13.2. The van der Waals surface area contributed by atoms with E-state index >= 15 is 4.39 Å². The number of ketones is 1. The van der Waals surface area contributed by atoms with Crippen LogP contribution in [0.5, 0.6) is 0 Å². The molecule has 1 spiro atoms. The fourth-order valence-electron chi connectivity index (χ4n) is 6.68. The van der Waals surface area contributed by atoms with Crippen molar-refractivity contribution in [3.05, 3.63) is 53.0 Å². The molecule has 4 heterocycles. The third-order valence-corrected chi connectivity index (χ3v) is 8.85. The first-order chi connectivity index (χ1) is 17.8. The molecule has 1 unspecified atom stereocenters. The van der Waals surface area contributed by atoms with Crippen molar-refractivity contribution < 1.29 is 18.7 Å². The van der Waals surface area contributed by atoms with E-state index in [1.165, 1.54) is 12.3 Å². The van der Waals surface area contributed by atoms with E-state index in [4.69, 9.17) is 4.74 Å². The Labute approximate surface area is 216 Å². The van der Waals surface area contributed by atoms with Crippen LogP contribution in [0.1, 0.15) is 60.0 Å². The maximum atomic E-state index is 15.2. The number of rotatable bonds is 6. The summed E-state index contributed by atoms with van der Waals surface area (Å²) in [5.41, 5.74) is 2.26. The molecule has 4 aliphatic rings. The molecule has 1 aliphatic carbocycles. The number of nitrogens with zero attached hydrogens (tertiary/aromatic N) is 3. The molecule has 7 nitrogen and oxygen atoms in total. The number of hydrogen-bond donors (Lipinski definition) is 1. The van der Waals surface area contributed by atoms with E-state index in [1.54, 1.807) is 12.1 Å². The average molecular weight is 503 g/mol. The first-order valence-electron chi connectivity index (χ1n) is 13.2. The predicted octanol–water partition coefficient (Wildman–Crippen LogP) is 3.76. The highest BCUT2D eigenvalue weighted by Crippen LogP contribution is 2.44. The van der Waals surface area contributed by atoms with Gasteiger partial charge in [-0.2, -0.15) is 5.26 Å². The zero-order valence-electron chi connectivity index (χ0n) is 21.0. The van der Waals surface area contributed by atoms with Gasteiger partial charge >= 0.3 is 5.97 Å². The van der Waals surface area contributed by atoms with Gasteiger partial charge in [-0.1, -0.05) is 12.1 Å². The SMILES string of the molecule is CN1CCC2(CC1)OC(=O)c1cnc(-c3ccc(C[C@@H](C#N)CC(=O)C4N[C@@H]5CC[C@H]4C5)c(F)c3)cc12. The number of carbonyl (C=O) groups excluding carboxylic acids is 2. The molecule has 6 rings (SSSR count). The summed E-state index contributed by atoms with van der Waals surface area (Å²) >= 11 is 0. The Hall–Kier alpha value is -3.15. The van der Waals surface area contributed by atoms with E-state index < -0.39 is 17.3 Å². The number of hydrogen-bond acceptors (Lipinski definition) is 7. The normalized spacial score (nSPS) is 26.6. The van der Waals surface area contributed by atoms with Crippen LogP contribution >= 0.6 is 0 Å². The van der Waals surface area contributed by atoms with Crippen LogP contribution < -0.4 is 5.32 Å². The topological polar surface area (TPSA) is 95.3 Å². The Morgan fingerprint density at radius 2 is 2.14 bits per heavy atom. The molecule has 3 fully saturated rings. The zero-order chi connectivity index (χ0) is 25.7. The van der Waals surface area contributed by atoms with Gasteiger partial charge in [-0.25, -0.2) is 9.18 Å². The van der Waals surface area contributed by atoms with Gasteiger partial charge in [0.25, 0.3) is 0 Å². The number of carbonyl (C=O) groups is 2. The lowest BCUT2D eigenvalue weighted by atomic mass is 9.83. The van der Waals surface area contributed by atoms with Crippen LogP contribution in [0.4, 0.5) is 4.39 Å². The standard InChI is InChI=1S/C29H31FN4O3/c1-34-8-6-29(7-9-34)23-14-25(32-16-22(23)28(36)37-29)19-3-2-18(24(30)13-19)10-17(15-31)11-26(35)27-20-4-5-21(12-20)33-27/h2-3,13-14,16-17,20-21,27,33H,4-12H2,1H3/t17-,20+,21-,27?/m1/s1. The van der Waals surface area contributed by atoms with Gasteiger partial charge in [0.15, 0.2) is 5.78 Å². The van der Waals surface area contributed by atoms with E-state index in [0.29, 0.717) is 47.2 Å². The Balaban J connectivity index is 1.18. The van der Waals surface area contributed by atoms with Gasteiger partial charge in [-0.05, 0) is 56.3 Å². The highest BCUT2D eigenvalue weighted by molar-refractivity contribution is 5.95. The van der Waals surface area contributed by atoms with Crippen LogP contribution in [0, 0.1) is 29.0 Å². The second-order valence-electron chi connectivity index (χ2n) is 11.2. The van der Waals surface area contributed by atoms with Crippen LogP contribution in [0.2, 0.25) is 0 Å². The fourth-order valence-corrected chi connectivity index (χ4v) is 6.68. The van der Waals surface area contributed by atoms with Gasteiger partial charge in [0.1, 0.15) is 11.4 Å². The number of ether oxygens (including phenoxy) is 1. The van der Waals surface area contributed by atoms with Crippen molar-refractivity contribution in [2.24, 2.45) is 11.8 Å². The van der Waals surface area contributed by atoms with Crippen LogP contribution in [0.3, 0.4) is 0 Å². The number of piperidine rings is 2. The van der Waals surface area contributed by atoms with E-state index in [1.807, 2.05) is 6.07 Å². The summed E-state index contributed by atoms with van der Waals surface area (Å²) in [6.45, 7) is 1.66. The van der Waals surface area contributed by atoms with Gasteiger partial charge in [0.2, 0.25) is 0 Å². The van der Waals surface area contributed by atoms with Crippen molar-refractivity contribution in [2.45, 2.75) is 62.6 Å². The molecule has 4 atom stereocenters. The van der Waals surface area contributed by atoms with Crippen molar-refractivity contribution in [1.29, 1.82) is 5.26 Å². The van der Waals surface area contributed by atoms with Crippen molar-refractivity contribution in [1.82, 2.24) is 15.2 Å². The number of Topliss-reactive ketones (excluding diaryl/α,β-unsaturated/α-hetero) is 1. The highest BCUT2D eigenvalue weighted by Gasteiger charge is 2.47. The number of halogens is 1. The van der Waals surface area contributed by atoms with Crippen LogP contribution in [-0.2, 0) is 21.6 Å². The lowest BCUT2D eigenvalue weighted by Gasteiger charge is -2.37. The van der Waals surface area contributed by atoms with Crippen molar-refractivity contribution >= 4 is 11.8 Å². The molecule has 1 aromatic heterocycles. The maximum absolute atomic E-state index is 15.2. The number of aromatic nitrogens is 1. The molecule has 0 radical (unpaired) electrons. The Morgan fingerprint density at radius 3 is 2.81 bits per heavy atom. The lowest BCUT2D eigenvalue weighted by molar-refractivity contribution is -0.122. The number of nitriles is 1. The molecule has 1 aromatic carbocycles. The van der Waals surface area contributed by atoms with Gasteiger partial charge in [-0.15, -0.1) is 0 Å². The molecule has 0 amide bonds. The number of pyridine rings is 1. The summed E-state index contributed by atoms with van der Waals surface area (Å²) < 4.78 is 21.0. The predicted molar refractivity (Wildman–Crippen MR) is 134 cm³/mol. The summed E-state index contributed by atoms with van der Waals surface area (Å²) in [5.74, 6) is -0.899. The lowest BCUT2D eigenvalue weighted by Crippen LogP contribution is -2.42. The minimum atomic E-state index is -0.644. The molecule has 3 aliphatic heterocycles. The molecule has 192 valence electrons. The number of fused-ring (bicyclic) bond motifs is 4. The molecular weight excluding hydrogens is 471 g/mol. The number of esters is 1. The molecule has 1 N–H and O–H groups in total. The quantitative estimate of drug-likeness (QED) is 0.601. The minimum Gasteiger partial charge on any atom is -0.450 e. The average Bonchev–Trinajstić information content (AvgIpc) is 3.60. The Kier molecular flexibility index (Phi) is 6.09. The van der Waals surface area contributed by atoms with Gasteiger partial charge in [0, 0.05) is 55.7 Å². The molecule has 8 heteroatoms. The molecule has 2 aromatic rings. The summed E-state index contributed by atoms with van der Waals surface area (Å²) in [6.07, 6.45) is 6.51. The summed E-state index contributed by atoms with van der Waals surface area (Å²) in [6, 6.07) is 9.24. The number of likely N-dealkylation sites (tertiary alicyclic amines) is 1. The highest BCUT2D eigenvalue weighted by atomic mass is 19.1. The molecular formula is C29H31FN4O3. The van der Waals surface area contributed by atoms with E-state index in [-0.39, 0.29) is 30.6 Å². The zero-order valence-corrected chi connectivity index (χ0v) is 21.0. The maximum Gasteiger partial charge on any atom is 0.341 e. The second-order valence-corrected chi connectivity index (χ2v) is 11.2. The second kappa shape index (κ2) is 9.30. The van der Waals surface area contributed by atoms with E-state index in [0.717, 1.165) is 37.9 Å². The van der Waals surface area contributed by atoms with Gasteiger partial charge < -0.3 is 15.0 Å². The van der Waals surface area contributed by atoms with Crippen molar-refractivity contribution in [3.8, 4) is 17.3 Å². The van der Waals surface area contributed by atoms with Crippen LogP contribution in [-0.4, -0.2) is 53.9 Å². The summed E-state index contributed by atoms with van der Waals surface area (Å²) in [4.78, 5) is 32.0. The molecule has 37 heavy (non-hydrogen) atoms. The van der Waals surface area contributed by atoms with Crippen molar-refractivity contribution in [3.63, 3.8) is 0 Å². The Bertz CT molecular complexity index is 1300. The third-order valence-electron chi connectivity index (χ3n) is 8.85. The number of benzene rings is 1. The van der Waals surface area contributed by atoms with Gasteiger partial charge in [-0.3, -0.25) is 9.78 Å². The van der Waals surface area contributed by atoms with Crippen LogP contribution in [0.15, 0.2) is 30.5 Å². The fraction of sp³-hybridized carbons (Fsp3) is 0.517. The summed E-state index contributed by atoms with van der Waals surface area (Å²) in [7, 11) is 2.05. The molecule has 1 saturated carbocycles. The van der Waals surface area contributed by atoms with E-state index in [9.17, 15) is 14.9 Å². The van der Waals surface area contributed by atoms with Gasteiger partial charge in [0.05, 0.1) is 29.3 Å².